The molecule has 0 aromatic heterocycles. The molecular formula is C19H20Cl3N3O2. The molecule has 1 fully saturated rings. The first-order valence-electron chi connectivity index (χ1n) is 8.52. The summed E-state index contributed by atoms with van der Waals surface area (Å²) in [5.74, 6) is 0.848. The zero-order valence-corrected chi connectivity index (χ0v) is 17.1. The number of halogens is 3. The van der Waals surface area contributed by atoms with Crippen molar-refractivity contribution in [3.63, 3.8) is 0 Å². The van der Waals surface area contributed by atoms with Crippen molar-refractivity contribution in [1.82, 2.24) is 9.80 Å². The molecule has 0 unspecified atom stereocenters. The Labute approximate surface area is 173 Å². The molecule has 0 atom stereocenters. The lowest BCUT2D eigenvalue weighted by molar-refractivity contribution is 0.143. The summed E-state index contributed by atoms with van der Waals surface area (Å²) >= 11 is 18.0. The number of ether oxygens (including phenoxy) is 1. The fraction of sp³-hybridized carbons (Fsp3) is 0.316. The molecule has 2 aromatic carbocycles. The number of carbonyl (C=O) groups is 1. The maximum atomic E-state index is 12.5. The van der Waals surface area contributed by atoms with Gasteiger partial charge < -0.3 is 15.0 Å². The van der Waals surface area contributed by atoms with Crippen LogP contribution in [0.3, 0.4) is 0 Å². The lowest BCUT2D eigenvalue weighted by atomic mass is 10.2. The third-order valence-corrected chi connectivity index (χ3v) is 5.51. The molecule has 2 amide bonds. The molecule has 1 aliphatic rings. The smallest absolute Gasteiger partial charge is 0.321 e. The molecule has 1 saturated heterocycles. The van der Waals surface area contributed by atoms with Crippen molar-refractivity contribution in [2.75, 3.05) is 38.6 Å². The normalized spacial score (nSPS) is 14.9. The standard InChI is InChI=1S/C19H20Cl3N3O2/c1-27-14-4-2-13(3-5-14)12-24-6-8-25(9-7-24)19(26)23-18-11-16(21)15(20)10-17(18)22/h2-5,10-11H,6-9,12H2,1H3,(H,23,26). The van der Waals surface area contributed by atoms with E-state index in [1.54, 1.807) is 18.1 Å². The van der Waals surface area contributed by atoms with Gasteiger partial charge in [-0.2, -0.15) is 0 Å². The molecule has 1 aliphatic heterocycles. The van der Waals surface area contributed by atoms with Gasteiger partial charge in [-0.15, -0.1) is 0 Å². The monoisotopic (exact) mass is 427 g/mol. The van der Waals surface area contributed by atoms with Gasteiger partial charge >= 0.3 is 6.03 Å². The van der Waals surface area contributed by atoms with Crippen LogP contribution in [0.4, 0.5) is 10.5 Å². The highest BCUT2D eigenvalue weighted by molar-refractivity contribution is 6.44. The van der Waals surface area contributed by atoms with E-state index < -0.39 is 0 Å². The summed E-state index contributed by atoms with van der Waals surface area (Å²) in [6.45, 7) is 3.73. The van der Waals surface area contributed by atoms with Gasteiger partial charge in [-0.3, -0.25) is 4.90 Å². The van der Waals surface area contributed by atoms with Crippen LogP contribution >= 0.6 is 34.8 Å². The van der Waals surface area contributed by atoms with E-state index in [0.717, 1.165) is 25.4 Å². The van der Waals surface area contributed by atoms with Crippen molar-refractivity contribution in [1.29, 1.82) is 0 Å². The quantitative estimate of drug-likeness (QED) is 0.697. The van der Waals surface area contributed by atoms with E-state index in [4.69, 9.17) is 39.5 Å². The molecule has 0 spiro atoms. The number of piperazine rings is 1. The molecule has 0 radical (unpaired) electrons. The number of urea groups is 1. The SMILES string of the molecule is COc1ccc(CN2CCN(C(=O)Nc3cc(Cl)c(Cl)cc3Cl)CC2)cc1. The van der Waals surface area contributed by atoms with Crippen LogP contribution in [0.25, 0.3) is 0 Å². The minimum absolute atomic E-state index is 0.195. The van der Waals surface area contributed by atoms with E-state index in [0.29, 0.717) is 33.8 Å². The fourth-order valence-electron chi connectivity index (χ4n) is 2.91. The van der Waals surface area contributed by atoms with Crippen molar-refractivity contribution in [2.24, 2.45) is 0 Å². The number of methoxy groups -OCH3 is 1. The summed E-state index contributed by atoms with van der Waals surface area (Å²) in [5, 5.41) is 3.86. The number of nitrogens with one attached hydrogen (secondary N) is 1. The Bertz CT molecular complexity index is 807. The Morgan fingerprint density at radius 2 is 1.63 bits per heavy atom. The van der Waals surface area contributed by atoms with E-state index in [1.807, 2.05) is 12.1 Å². The summed E-state index contributed by atoms with van der Waals surface area (Å²) in [4.78, 5) is 16.6. The summed E-state index contributed by atoms with van der Waals surface area (Å²) in [6.07, 6.45) is 0. The van der Waals surface area contributed by atoms with Gasteiger partial charge in [0.2, 0.25) is 0 Å². The topological polar surface area (TPSA) is 44.8 Å². The number of carbonyl (C=O) groups excluding carboxylic acids is 1. The summed E-state index contributed by atoms with van der Waals surface area (Å²) in [7, 11) is 1.66. The van der Waals surface area contributed by atoms with E-state index in [9.17, 15) is 4.79 Å². The molecule has 27 heavy (non-hydrogen) atoms. The number of hydrogen-bond donors (Lipinski definition) is 1. The number of benzene rings is 2. The van der Waals surface area contributed by atoms with E-state index in [2.05, 4.69) is 22.3 Å². The first-order valence-corrected chi connectivity index (χ1v) is 9.65. The van der Waals surface area contributed by atoms with Gasteiger partial charge in [-0.25, -0.2) is 4.79 Å². The minimum Gasteiger partial charge on any atom is -0.497 e. The third-order valence-electron chi connectivity index (χ3n) is 4.48. The number of hydrogen-bond acceptors (Lipinski definition) is 3. The Kier molecular flexibility index (Phi) is 6.71. The Morgan fingerprint density at radius 1 is 1.00 bits per heavy atom. The first-order chi connectivity index (χ1) is 13.0. The van der Waals surface area contributed by atoms with Crippen molar-refractivity contribution in [3.8, 4) is 5.75 Å². The van der Waals surface area contributed by atoms with Gasteiger partial charge in [0.25, 0.3) is 0 Å². The van der Waals surface area contributed by atoms with Crippen LogP contribution in [0.5, 0.6) is 5.75 Å². The Morgan fingerprint density at radius 3 is 2.26 bits per heavy atom. The third kappa shape index (κ3) is 5.20. The van der Waals surface area contributed by atoms with E-state index in [1.165, 1.54) is 11.6 Å². The minimum atomic E-state index is -0.195. The predicted octanol–water partition coefficient (Wildman–Crippen LogP) is 5.01. The number of nitrogens with zero attached hydrogens (tertiary/aromatic N) is 2. The highest BCUT2D eigenvalue weighted by atomic mass is 35.5. The average molecular weight is 429 g/mol. The molecule has 0 saturated carbocycles. The molecule has 0 bridgehead atoms. The largest absolute Gasteiger partial charge is 0.497 e. The zero-order chi connectivity index (χ0) is 19.4. The van der Waals surface area contributed by atoms with Crippen LogP contribution in [-0.4, -0.2) is 49.1 Å². The highest BCUT2D eigenvalue weighted by Crippen LogP contribution is 2.32. The molecule has 3 rings (SSSR count). The van der Waals surface area contributed by atoms with Crippen molar-refractivity contribution < 1.29 is 9.53 Å². The maximum Gasteiger partial charge on any atom is 0.321 e. The average Bonchev–Trinajstić information content (AvgIpc) is 2.67. The Hall–Kier alpha value is -1.66. The lowest BCUT2D eigenvalue weighted by Gasteiger charge is -2.34. The second-order valence-corrected chi connectivity index (χ2v) is 7.51. The second-order valence-electron chi connectivity index (χ2n) is 6.29. The van der Waals surface area contributed by atoms with E-state index in [-0.39, 0.29) is 6.03 Å². The van der Waals surface area contributed by atoms with Gasteiger partial charge in [0.1, 0.15) is 5.75 Å². The molecule has 144 valence electrons. The molecule has 1 heterocycles. The van der Waals surface area contributed by atoms with Crippen LogP contribution in [-0.2, 0) is 6.54 Å². The summed E-state index contributed by atoms with van der Waals surface area (Å²) in [6, 6.07) is 10.9. The van der Waals surface area contributed by atoms with Crippen LogP contribution in [0.2, 0.25) is 15.1 Å². The van der Waals surface area contributed by atoms with Crippen molar-refractivity contribution in [3.05, 3.63) is 57.0 Å². The molecular weight excluding hydrogens is 409 g/mol. The number of anilines is 1. The number of rotatable bonds is 4. The van der Waals surface area contributed by atoms with Crippen LogP contribution in [0, 0.1) is 0 Å². The van der Waals surface area contributed by atoms with Gasteiger partial charge in [0, 0.05) is 32.7 Å². The number of amides is 2. The van der Waals surface area contributed by atoms with Gasteiger partial charge in [-0.05, 0) is 29.8 Å². The second kappa shape index (κ2) is 9.02. The lowest BCUT2D eigenvalue weighted by Crippen LogP contribution is -2.49. The molecule has 0 aliphatic carbocycles. The fourth-order valence-corrected chi connectivity index (χ4v) is 3.50. The van der Waals surface area contributed by atoms with Crippen LogP contribution in [0.1, 0.15) is 5.56 Å². The molecule has 1 N–H and O–H groups in total. The predicted molar refractivity (Wildman–Crippen MR) is 110 cm³/mol. The van der Waals surface area contributed by atoms with Gasteiger partial charge in [-0.1, -0.05) is 46.9 Å². The maximum absolute atomic E-state index is 12.5. The van der Waals surface area contributed by atoms with Gasteiger partial charge in [0.05, 0.1) is 27.9 Å². The van der Waals surface area contributed by atoms with Crippen LogP contribution in [0.15, 0.2) is 36.4 Å². The highest BCUT2D eigenvalue weighted by Gasteiger charge is 2.22. The zero-order valence-electron chi connectivity index (χ0n) is 14.8. The summed E-state index contributed by atoms with van der Waals surface area (Å²) in [5.41, 5.74) is 1.67. The van der Waals surface area contributed by atoms with Crippen molar-refractivity contribution in [2.45, 2.75) is 6.54 Å². The van der Waals surface area contributed by atoms with Gasteiger partial charge in [0.15, 0.2) is 0 Å². The van der Waals surface area contributed by atoms with E-state index >= 15 is 0 Å². The first kappa shape index (κ1) is 20.1. The molecule has 2 aromatic rings. The Balaban J connectivity index is 1.52. The summed E-state index contributed by atoms with van der Waals surface area (Å²) < 4.78 is 5.18. The molecule has 8 heteroatoms. The van der Waals surface area contributed by atoms with Crippen molar-refractivity contribution >= 4 is 46.5 Å². The molecule has 5 nitrogen and oxygen atoms in total. The van der Waals surface area contributed by atoms with Crippen LogP contribution < -0.4 is 10.1 Å².